The molecular formula is C20H30BNO4. The van der Waals surface area contributed by atoms with E-state index in [0.717, 1.165) is 21.9 Å². The van der Waals surface area contributed by atoms with Crippen molar-refractivity contribution in [1.82, 2.24) is 4.98 Å². The molecule has 142 valence electrons. The third-order valence-electron chi connectivity index (χ3n) is 4.96. The van der Waals surface area contributed by atoms with Crippen LogP contribution in [0.5, 0.6) is 0 Å². The lowest BCUT2D eigenvalue weighted by atomic mass is 9.78. The van der Waals surface area contributed by atoms with Crippen molar-refractivity contribution in [2.75, 3.05) is 6.61 Å². The normalized spacial score (nSPS) is 17.7. The van der Waals surface area contributed by atoms with E-state index in [1.807, 2.05) is 72.9 Å². The van der Waals surface area contributed by atoms with Gasteiger partial charge in [0.25, 0.3) is 0 Å². The summed E-state index contributed by atoms with van der Waals surface area (Å²) in [6, 6.07) is 6.01. The highest BCUT2D eigenvalue weighted by atomic mass is 16.7. The van der Waals surface area contributed by atoms with Gasteiger partial charge in [-0.2, -0.15) is 0 Å². The van der Waals surface area contributed by atoms with Crippen LogP contribution < -0.4 is 5.46 Å². The molecule has 0 saturated carbocycles. The van der Waals surface area contributed by atoms with Gasteiger partial charge in [-0.25, -0.2) is 0 Å². The third-order valence-corrected chi connectivity index (χ3v) is 4.96. The molecule has 6 heteroatoms. The van der Waals surface area contributed by atoms with E-state index in [9.17, 15) is 4.79 Å². The number of aromatic amines is 1. The fraction of sp³-hybridized carbons (Fsp3) is 0.550. The van der Waals surface area contributed by atoms with Crippen molar-refractivity contribution in [3.05, 3.63) is 30.0 Å². The highest BCUT2D eigenvalue weighted by Gasteiger charge is 2.51. The minimum absolute atomic E-state index is 0.214. The maximum Gasteiger partial charge on any atom is 0.494 e. The summed E-state index contributed by atoms with van der Waals surface area (Å²) in [5, 5.41) is 1.02. The molecule has 1 aliphatic heterocycles. The number of rotatable bonds is 4. The molecule has 1 aromatic carbocycles. The summed E-state index contributed by atoms with van der Waals surface area (Å²) in [4.78, 5) is 14.9. The number of hydrogen-bond acceptors (Lipinski definition) is 4. The first-order valence-electron chi connectivity index (χ1n) is 9.34. The number of nitrogens with one attached hydrogen (secondary N) is 1. The molecule has 5 nitrogen and oxygen atoms in total. The topological polar surface area (TPSA) is 60.6 Å². The van der Waals surface area contributed by atoms with Gasteiger partial charge >= 0.3 is 13.1 Å². The summed E-state index contributed by atoms with van der Waals surface area (Å²) in [5.41, 5.74) is 2.13. The number of ether oxygens (including phenoxy) is 1. The van der Waals surface area contributed by atoms with Gasteiger partial charge < -0.3 is 19.0 Å². The quantitative estimate of drug-likeness (QED) is 0.669. The molecule has 26 heavy (non-hydrogen) atoms. The molecular weight excluding hydrogens is 329 g/mol. The van der Waals surface area contributed by atoms with Gasteiger partial charge in [0.15, 0.2) is 0 Å². The first-order chi connectivity index (χ1) is 12.2. The van der Waals surface area contributed by atoms with Crippen LogP contribution in [0.25, 0.3) is 10.9 Å². The van der Waals surface area contributed by atoms with Crippen LogP contribution in [0.15, 0.2) is 24.4 Å². The van der Waals surface area contributed by atoms with Crippen LogP contribution in [0.2, 0.25) is 0 Å². The Morgan fingerprint density at radius 1 is 1.15 bits per heavy atom. The molecule has 0 amide bonds. The van der Waals surface area contributed by atoms with Crippen molar-refractivity contribution in [3.8, 4) is 0 Å². The number of hydrogen-bond donors (Lipinski definition) is 1. The third kappa shape index (κ3) is 3.97. The van der Waals surface area contributed by atoms with Crippen molar-refractivity contribution >= 4 is 29.5 Å². The van der Waals surface area contributed by atoms with Crippen LogP contribution in [0.1, 0.15) is 54.0 Å². The maximum atomic E-state index is 11.7. The number of carbonyl (C=O) groups excluding carboxylic acids is 1. The first-order valence-corrected chi connectivity index (χ1v) is 9.34. The minimum Gasteiger partial charge on any atom is -0.466 e. The number of benzene rings is 1. The molecule has 0 radical (unpaired) electrons. The van der Waals surface area contributed by atoms with Gasteiger partial charge in [-0.05, 0) is 51.7 Å². The second-order valence-corrected chi connectivity index (χ2v) is 7.19. The van der Waals surface area contributed by atoms with E-state index in [2.05, 4.69) is 4.98 Å². The summed E-state index contributed by atoms with van der Waals surface area (Å²) < 4.78 is 17.2. The highest BCUT2D eigenvalue weighted by Crippen LogP contribution is 2.36. The van der Waals surface area contributed by atoms with Gasteiger partial charge in [0.2, 0.25) is 0 Å². The number of H-pyrrole nitrogens is 1. The van der Waals surface area contributed by atoms with Crippen LogP contribution in [-0.2, 0) is 25.3 Å². The van der Waals surface area contributed by atoms with Gasteiger partial charge in [0, 0.05) is 17.1 Å². The van der Waals surface area contributed by atoms with Crippen LogP contribution in [-0.4, -0.2) is 35.9 Å². The van der Waals surface area contributed by atoms with Gasteiger partial charge in [-0.3, -0.25) is 4.79 Å². The smallest absolute Gasteiger partial charge is 0.466 e. The van der Waals surface area contributed by atoms with Crippen molar-refractivity contribution in [2.45, 2.75) is 66.1 Å². The Kier molecular flexibility index (Phi) is 6.19. The molecule has 1 aromatic heterocycles. The molecule has 1 saturated heterocycles. The Balaban J connectivity index is 0.00000117. The van der Waals surface area contributed by atoms with Crippen LogP contribution in [0.3, 0.4) is 0 Å². The Bertz CT molecular complexity index is 750. The summed E-state index contributed by atoms with van der Waals surface area (Å²) in [5.74, 6) is -0.214. The highest BCUT2D eigenvalue weighted by molar-refractivity contribution is 6.62. The molecule has 1 aliphatic rings. The second-order valence-electron chi connectivity index (χ2n) is 7.19. The SMILES string of the molecule is CC.CCOC(=O)Cc1c[nH]c2cc(B3OC(C)(C)C(C)(C)O3)ccc12. The van der Waals surface area contributed by atoms with Crippen molar-refractivity contribution in [2.24, 2.45) is 0 Å². The fourth-order valence-corrected chi connectivity index (χ4v) is 2.84. The zero-order valence-corrected chi connectivity index (χ0v) is 16.9. The van der Waals surface area contributed by atoms with Crippen molar-refractivity contribution in [1.29, 1.82) is 0 Å². The summed E-state index contributed by atoms with van der Waals surface area (Å²) in [6.45, 7) is 14.4. The lowest BCUT2D eigenvalue weighted by molar-refractivity contribution is -0.142. The minimum atomic E-state index is -0.392. The lowest BCUT2D eigenvalue weighted by Crippen LogP contribution is -2.41. The fourth-order valence-electron chi connectivity index (χ4n) is 2.84. The second kappa shape index (κ2) is 7.84. The van der Waals surface area contributed by atoms with E-state index in [-0.39, 0.29) is 23.6 Å². The van der Waals surface area contributed by atoms with Crippen LogP contribution >= 0.6 is 0 Å². The molecule has 0 aliphatic carbocycles. The monoisotopic (exact) mass is 359 g/mol. The van der Waals surface area contributed by atoms with Gasteiger partial charge in [-0.15, -0.1) is 0 Å². The van der Waals surface area contributed by atoms with Gasteiger partial charge in [0.05, 0.1) is 24.2 Å². The largest absolute Gasteiger partial charge is 0.494 e. The molecule has 2 aromatic rings. The molecule has 1 fully saturated rings. The van der Waals surface area contributed by atoms with E-state index in [1.54, 1.807) is 0 Å². The van der Waals surface area contributed by atoms with E-state index in [4.69, 9.17) is 14.0 Å². The molecule has 0 unspecified atom stereocenters. The molecule has 1 N–H and O–H groups in total. The maximum absolute atomic E-state index is 11.7. The molecule has 0 bridgehead atoms. The number of fused-ring (bicyclic) bond motifs is 1. The first kappa shape index (κ1) is 20.5. The van der Waals surface area contributed by atoms with Crippen molar-refractivity contribution < 1.29 is 18.8 Å². The van der Waals surface area contributed by atoms with Crippen molar-refractivity contribution in [3.63, 3.8) is 0 Å². The molecule has 0 atom stereocenters. The van der Waals surface area contributed by atoms with Gasteiger partial charge in [0.1, 0.15) is 0 Å². The standard InChI is InChI=1S/C18H24BNO4.C2H6/c1-6-22-16(21)9-12-11-20-15-10-13(7-8-14(12)15)19-23-17(2,3)18(4,5)24-19;1-2/h7-8,10-11,20H,6,9H2,1-5H3;1-2H3. The van der Waals surface area contributed by atoms with E-state index < -0.39 is 7.12 Å². The Labute approximate surface area is 156 Å². The average molecular weight is 359 g/mol. The summed E-state index contributed by atoms with van der Waals surface area (Å²) in [7, 11) is -0.392. The van der Waals surface area contributed by atoms with E-state index in [1.165, 1.54) is 0 Å². The Morgan fingerprint density at radius 2 is 1.77 bits per heavy atom. The van der Waals surface area contributed by atoms with Crippen LogP contribution in [0.4, 0.5) is 0 Å². The Hall–Kier alpha value is -1.79. The Morgan fingerprint density at radius 3 is 2.35 bits per heavy atom. The molecule has 2 heterocycles. The average Bonchev–Trinajstić information content (AvgIpc) is 3.07. The van der Waals surface area contributed by atoms with E-state index in [0.29, 0.717) is 6.61 Å². The zero-order chi connectivity index (χ0) is 19.5. The summed E-state index contributed by atoms with van der Waals surface area (Å²) in [6.07, 6.45) is 2.12. The number of esters is 1. The predicted octanol–water partition coefficient (Wildman–Crippen LogP) is 3.60. The molecule has 3 rings (SSSR count). The lowest BCUT2D eigenvalue weighted by Gasteiger charge is -2.32. The van der Waals surface area contributed by atoms with E-state index >= 15 is 0 Å². The number of aromatic nitrogens is 1. The van der Waals surface area contributed by atoms with Gasteiger partial charge in [-0.1, -0.05) is 26.0 Å². The predicted molar refractivity (Wildman–Crippen MR) is 106 cm³/mol. The number of carbonyl (C=O) groups is 1. The zero-order valence-electron chi connectivity index (χ0n) is 16.9. The summed E-state index contributed by atoms with van der Waals surface area (Å²) >= 11 is 0. The van der Waals surface area contributed by atoms with Crippen LogP contribution in [0, 0.1) is 0 Å². The molecule has 0 spiro atoms.